The van der Waals surface area contributed by atoms with Gasteiger partial charge in [0.1, 0.15) is 17.0 Å². The van der Waals surface area contributed by atoms with E-state index >= 15 is 0 Å². The number of hydrogen-bond donors (Lipinski definition) is 0. The average molecular weight is 266 g/mol. The van der Waals surface area contributed by atoms with Gasteiger partial charge in [0.25, 0.3) is 6.43 Å². The van der Waals surface area contributed by atoms with Gasteiger partial charge in [-0.05, 0) is 0 Å². The first-order valence-corrected chi connectivity index (χ1v) is 4.61. The molecule has 0 fully saturated rings. The third kappa shape index (κ3) is 2.67. The number of hydrogen-bond acceptors (Lipinski definition) is 3. The van der Waals surface area contributed by atoms with Gasteiger partial charge in [0.05, 0.1) is 25.8 Å². The van der Waals surface area contributed by atoms with E-state index in [9.17, 15) is 22.0 Å². The standard InChI is InChI=1S/C10H7F5N2O/c1-18-6-4-17-8(9(11)12)5(2-3-16)7(6)10(13,14)15/h4,9H,2H2,1H3. The molecule has 0 aliphatic rings. The third-order valence-corrected chi connectivity index (χ3v) is 2.14. The third-order valence-electron chi connectivity index (χ3n) is 2.14. The molecule has 0 bridgehead atoms. The van der Waals surface area contributed by atoms with Crippen LogP contribution < -0.4 is 4.74 Å². The Hall–Kier alpha value is -1.91. The second-order valence-corrected chi connectivity index (χ2v) is 3.20. The van der Waals surface area contributed by atoms with Crippen LogP contribution in [0.3, 0.4) is 0 Å². The van der Waals surface area contributed by atoms with E-state index < -0.39 is 41.6 Å². The second-order valence-electron chi connectivity index (χ2n) is 3.20. The van der Waals surface area contributed by atoms with E-state index in [1.165, 1.54) is 6.07 Å². The Morgan fingerprint density at radius 1 is 1.44 bits per heavy atom. The van der Waals surface area contributed by atoms with Crippen LogP contribution >= 0.6 is 0 Å². The van der Waals surface area contributed by atoms with Crippen LogP contribution in [0.15, 0.2) is 6.20 Å². The maximum atomic E-state index is 12.8. The molecule has 0 N–H and O–H groups in total. The van der Waals surface area contributed by atoms with E-state index in [4.69, 9.17) is 5.26 Å². The predicted octanol–water partition coefficient (Wildman–Crippen LogP) is 3.11. The average Bonchev–Trinajstić information content (AvgIpc) is 2.26. The number of rotatable bonds is 3. The van der Waals surface area contributed by atoms with Crippen LogP contribution in [0.2, 0.25) is 0 Å². The van der Waals surface area contributed by atoms with E-state index in [-0.39, 0.29) is 0 Å². The summed E-state index contributed by atoms with van der Waals surface area (Å²) in [5.41, 5.74) is -3.28. The highest BCUT2D eigenvalue weighted by molar-refractivity contribution is 5.44. The molecule has 18 heavy (non-hydrogen) atoms. The van der Waals surface area contributed by atoms with Crippen LogP contribution in [-0.4, -0.2) is 12.1 Å². The molecule has 0 amide bonds. The molecule has 1 aromatic rings. The van der Waals surface area contributed by atoms with Crippen LogP contribution in [0, 0.1) is 11.3 Å². The van der Waals surface area contributed by atoms with Gasteiger partial charge < -0.3 is 4.74 Å². The molecule has 1 rings (SSSR count). The number of halogens is 5. The lowest BCUT2D eigenvalue weighted by Crippen LogP contribution is -2.15. The monoisotopic (exact) mass is 266 g/mol. The quantitative estimate of drug-likeness (QED) is 0.789. The minimum absolute atomic E-state index is 0.575. The molecule has 8 heteroatoms. The van der Waals surface area contributed by atoms with Gasteiger partial charge in [-0.3, -0.25) is 4.98 Å². The Labute approximate surface area is 98.8 Å². The fourth-order valence-electron chi connectivity index (χ4n) is 1.46. The lowest BCUT2D eigenvalue weighted by molar-refractivity contribution is -0.139. The second kappa shape index (κ2) is 5.16. The zero-order valence-electron chi connectivity index (χ0n) is 9.05. The zero-order valence-corrected chi connectivity index (χ0v) is 9.05. The maximum Gasteiger partial charge on any atom is 0.420 e. The number of nitrogens with zero attached hydrogens (tertiary/aromatic N) is 2. The molecule has 0 spiro atoms. The van der Waals surface area contributed by atoms with Crippen molar-refractivity contribution < 1.29 is 26.7 Å². The predicted molar refractivity (Wildman–Crippen MR) is 50.1 cm³/mol. The Bertz CT molecular complexity index is 478. The Morgan fingerprint density at radius 3 is 2.44 bits per heavy atom. The van der Waals surface area contributed by atoms with Gasteiger partial charge in [-0.2, -0.15) is 18.4 Å². The molecule has 0 saturated carbocycles. The molecule has 0 radical (unpaired) electrons. The summed E-state index contributed by atoms with van der Waals surface area (Å²) >= 11 is 0. The Balaban J connectivity index is 3.60. The SMILES string of the molecule is COc1cnc(C(F)F)c(CC#N)c1C(F)(F)F. The van der Waals surface area contributed by atoms with Gasteiger partial charge in [0.2, 0.25) is 0 Å². The summed E-state index contributed by atoms with van der Waals surface area (Å²) in [7, 11) is 0.963. The number of methoxy groups -OCH3 is 1. The molecule has 0 aromatic carbocycles. The molecule has 1 aromatic heterocycles. The summed E-state index contributed by atoms with van der Waals surface area (Å²) in [5.74, 6) is -0.683. The molecular weight excluding hydrogens is 259 g/mol. The minimum Gasteiger partial charge on any atom is -0.494 e. The lowest BCUT2D eigenvalue weighted by atomic mass is 10.0. The molecule has 3 nitrogen and oxygen atoms in total. The zero-order chi connectivity index (χ0) is 13.9. The van der Waals surface area contributed by atoms with Crippen molar-refractivity contribution in [1.82, 2.24) is 4.98 Å². The summed E-state index contributed by atoms with van der Waals surface area (Å²) in [5, 5.41) is 8.45. The summed E-state index contributed by atoms with van der Waals surface area (Å²) < 4.78 is 68.0. The molecule has 0 aliphatic heterocycles. The highest BCUT2D eigenvalue weighted by Crippen LogP contribution is 2.41. The minimum atomic E-state index is -4.90. The lowest BCUT2D eigenvalue weighted by Gasteiger charge is -2.17. The van der Waals surface area contributed by atoms with Gasteiger partial charge in [-0.15, -0.1) is 0 Å². The van der Waals surface area contributed by atoms with E-state index in [0.717, 1.165) is 7.11 Å². The first kappa shape index (κ1) is 14.2. The van der Waals surface area contributed by atoms with Crippen molar-refractivity contribution in [3.05, 3.63) is 23.0 Å². The van der Waals surface area contributed by atoms with Crippen LogP contribution in [-0.2, 0) is 12.6 Å². The van der Waals surface area contributed by atoms with Crippen molar-refractivity contribution in [2.24, 2.45) is 0 Å². The van der Waals surface area contributed by atoms with Gasteiger partial charge in [0, 0.05) is 5.56 Å². The van der Waals surface area contributed by atoms with Crippen LogP contribution in [0.5, 0.6) is 5.75 Å². The van der Waals surface area contributed by atoms with E-state index in [1.807, 2.05) is 0 Å². The van der Waals surface area contributed by atoms with Gasteiger partial charge in [-0.25, -0.2) is 8.78 Å². The first-order valence-electron chi connectivity index (χ1n) is 4.61. The fraction of sp³-hybridized carbons (Fsp3) is 0.400. The molecule has 0 aliphatic carbocycles. The summed E-state index contributed by atoms with van der Waals surface area (Å²) in [4.78, 5) is 3.22. The van der Waals surface area contributed by atoms with Crippen molar-refractivity contribution in [2.45, 2.75) is 19.0 Å². The topological polar surface area (TPSA) is 45.9 Å². The van der Waals surface area contributed by atoms with Crippen molar-refractivity contribution >= 4 is 0 Å². The molecular formula is C10H7F5N2O. The molecule has 0 unspecified atom stereocenters. The van der Waals surface area contributed by atoms with Crippen LogP contribution in [0.4, 0.5) is 22.0 Å². The van der Waals surface area contributed by atoms with Crippen molar-refractivity contribution in [2.75, 3.05) is 7.11 Å². The van der Waals surface area contributed by atoms with Gasteiger partial charge >= 0.3 is 6.18 Å². The van der Waals surface area contributed by atoms with Crippen LogP contribution in [0.25, 0.3) is 0 Å². The molecule has 0 atom stereocenters. The number of aromatic nitrogens is 1. The highest BCUT2D eigenvalue weighted by atomic mass is 19.4. The normalized spacial score (nSPS) is 11.4. The number of nitriles is 1. The maximum absolute atomic E-state index is 12.8. The summed E-state index contributed by atoms with van der Waals surface area (Å²) in [6.45, 7) is 0. The van der Waals surface area contributed by atoms with Crippen LogP contribution in [0.1, 0.15) is 23.2 Å². The van der Waals surface area contributed by atoms with E-state index in [1.54, 1.807) is 0 Å². The summed E-state index contributed by atoms with van der Waals surface area (Å²) in [6.07, 6.45) is -8.34. The first-order chi connectivity index (χ1) is 8.32. The Morgan fingerprint density at radius 2 is 2.06 bits per heavy atom. The Kier molecular flexibility index (Phi) is 4.06. The molecule has 0 saturated heterocycles. The highest BCUT2D eigenvalue weighted by Gasteiger charge is 2.39. The largest absolute Gasteiger partial charge is 0.494 e. The van der Waals surface area contributed by atoms with E-state index in [2.05, 4.69) is 9.72 Å². The van der Waals surface area contributed by atoms with Gasteiger partial charge in [0.15, 0.2) is 0 Å². The summed E-state index contributed by atoms with van der Waals surface area (Å²) in [6, 6.07) is 1.41. The van der Waals surface area contributed by atoms with E-state index in [0.29, 0.717) is 6.20 Å². The number of alkyl halides is 5. The van der Waals surface area contributed by atoms with Gasteiger partial charge in [-0.1, -0.05) is 0 Å². The smallest absolute Gasteiger partial charge is 0.420 e. The van der Waals surface area contributed by atoms with Crippen molar-refractivity contribution in [3.63, 3.8) is 0 Å². The number of ether oxygens (including phenoxy) is 1. The van der Waals surface area contributed by atoms with Crippen molar-refractivity contribution in [3.8, 4) is 11.8 Å². The van der Waals surface area contributed by atoms with Crippen molar-refractivity contribution in [1.29, 1.82) is 5.26 Å². The molecule has 98 valence electrons. The fourth-order valence-corrected chi connectivity index (χ4v) is 1.46. The molecule has 1 heterocycles. The number of pyridine rings is 1.